The molecule has 4 heteroatoms. The van der Waals surface area contributed by atoms with Gasteiger partial charge in [0.2, 0.25) is 5.91 Å². The molecule has 0 heterocycles. The highest BCUT2D eigenvalue weighted by Crippen LogP contribution is 2.11. The first-order chi connectivity index (χ1) is 10.4. The van der Waals surface area contributed by atoms with Crippen molar-refractivity contribution in [2.45, 2.75) is 52.5 Å². The van der Waals surface area contributed by atoms with Crippen molar-refractivity contribution in [2.24, 2.45) is 11.7 Å². The number of nitrogens with two attached hydrogens (primary N) is 1. The van der Waals surface area contributed by atoms with Gasteiger partial charge in [0.1, 0.15) is 0 Å². The molecule has 22 heavy (non-hydrogen) atoms. The van der Waals surface area contributed by atoms with E-state index in [-0.39, 0.29) is 30.6 Å². The summed E-state index contributed by atoms with van der Waals surface area (Å²) in [5.41, 5.74) is 7.53. The van der Waals surface area contributed by atoms with Gasteiger partial charge in [0.15, 0.2) is 5.78 Å². The van der Waals surface area contributed by atoms with Crippen molar-refractivity contribution in [2.75, 3.05) is 6.54 Å². The van der Waals surface area contributed by atoms with Gasteiger partial charge in [-0.05, 0) is 31.2 Å². The minimum atomic E-state index is -0.0922. The minimum absolute atomic E-state index is 0.0124. The van der Waals surface area contributed by atoms with Crippen LogP contribution in [0.2, 0.25) is 0 Å². The molecule has 0 spiro atoms. The van der Waals surface area contributed by atoms with E-state index in [4.69, 9.17) is 5.73 Å². The van der Waals surface area contributed by atoms with Gasteiger partial charge < -0.3 is 11.1 Å². The van der Waals surface area contributed by atoms with Gasteiger partial charge in [0, 0.05) is 31.0 Å². The molecule has 0 aliphatic carbocycles. The zero-order valence-electron chi connectivity index (χ0n) is 13.9. The van der Waals surface area contributed by atoms with Crippen molar-refractivity contribution >= 4 is 11.7 Å². The van der Waals surface area contributed by atoms with E-state index in [1.807, 2.05) is 31.2 Å². The Labute approximate surface area is 133 Å². The van der Waals surface area contributed by atoms with Gasteiger partial charge in [-0.25, -0.2) is 0 Å². The van der Waals surface area contributed by atoms with Crippen LogP contribution in [0.15, 0.2) is 24.3 Å². The van der Waals surface area contributed by atoms with Gasteiger partial charge in [-0.15, -0.1) is 0 Å². The van der Waals surface area contributed by atoms with Crippen molar-refractivity contribution in [1.29, 1.82) is 0 Å². The maximum absolute atomic E-state index is 12.1. The molecule has 4 nitrogen and oxygen atoms in total. The zero-order valence-corrected chi connectivity index (χ0v) is 13.9. The number of amides is 1. The number of benzene rings is 1. The molecule has 0 saturated heterocycles. The molecule has 3 N–H and O–H groups in total. The molecule has 0 aliphatic heterocycles. The second-order valence-electron chi connectivity index (χ2n) is 6.33. The van der Waals surface area contributed by atoms with E-state index < -0.39 is 0 Å². The molecule has 1 rings (SSSR count). The molecule has 0 radical (unpaired) electrons. The summed E-state index contributed by atoms with van der Waals surface area (Å²) in [6, 6.07) is 7.78. The average Bonchev–Trinajstić information content (AvgIpc) is 2.44. The lowest BCUT2D eigenvalue weighted by atomic mass is 9.99. The summed E-state index contributed by atoms with van der Waals surface area (Å²) in [6.45, 7) is 6.80. The third-order valence-electron chi connectivity index (χ3n) is 3.42. The molecule has 0 aliphatic rings. The Bertz CT molecular complexity index is 478. The quantitative estimate of drug-likeness (QED) is 0.689. The van der Waals surface area contributed by atoms with Crippen LogP contribution in [-0.2, 0) is 11.2 Å². The first-order valence-corrected chi connectivity index (χ1v) is 8.03. The number of ketones is 1. The topological polar surface area (TPSA) is 72.2 Å². The van der Waals surface area contributed by atoms with Crippen molar-refractivity contribution < 1.29 is 9.59 Å². The Kier molecular flexibility index (Phi) is 7.82. The average molecular weight is 304 g/mol. The summed E-state index contributed by atoms with van der Waals surface area (Å²) >= 11 is 0. The third kappa shape index (κ3) is 7.36. The monoisotopic (exact) mass is 304 g/mol. The fourth-order valence-corrected chi connectivity index (χ4v) is 2.20. The number of nitrogens with one attached hydrogen (secondary N) is 1. The standard InChI is InChI=1S/C18H28N2O2/c1-13(2)12-15-4-6-16(7-5-15)17(21)8-9-18(22)20-11-10-14(3)19/h4-7,13-14H,8-12,19H2,1-3H3,(H,20,22). The molecule has 1 atom stereocenters. The third-order valence-corrected chi connectivity index (χ3v) is 3.42. The highest BCUT2D eigenvalue weighted by Gasteiger charge is 2.09. The van der Waals surface area contributed by atoms with Crippen molar-refractivity contribution in [3.63, 3.8) is 0 Å². The van der Waals surface area contributed by atoms with Crippen molar-refractivity contribution in [3.05, 3.63) is 35.4 Å². The Morgan fingerprint density at radius 1 is 1.09 bits per heavy atom. The zero-order chi connectivity index (χ0) is 16.5. The number of rotatable bonds is 9. The molecule has 1 aromatic rings. The predicted molar refractivity (Wildman–Crippen MR) is 89.8 cm³/mol. The van der Waals surface area contributed by atoms with Gasteiger partial charge in [-0.1, -0.05) is 38.1 Å². The fourth-order valence-electron chi connectivity index (χ4n) is 2.20. The predicted octanol–water partition coefficient (Wildman–Crippen LogP) is 2.70. The summed E-state index contributed by atoms with van der Waals surface area (Å²) in [4.78, 5) is 23.7. The first kappa shape index (κ1) is 18.4. The van der Waals surface area contributed by atoms with E-state index in [0.29, 0.717) is 18.0 Å². The van der Waals surface area contributed by atoms with Crippen LogP contribution >= 0.6 is 0 Å². The molecule has 1 unspecified atom stereocenters. The van der Waals surface area contributed by atoms with E-state index in [1.54, 1.807) is 0 Å². The van der Waals surface area contributed by atoms with Crippen LogP contribution in [0.3, 0.4) is 0 Å². The van der Waals surface area contributed by atoms with Crippen LogP contribution in [0, 0.1) is 5.92 Å². The molecule has 122 valence electrons. The van der Waals surface area contributed by atoms with E-state index in [0.717, 1.165) is 12.8 Å². The van der Waals surface area contributed by atoms with Crippen LogP contribution in [-0.4, -0.2) is 24.3 Å². The second-order valence-corrected chi connectivity index (χ2v) is 6.33. The van der Waals surface area contributed by atoms with Gasteiger partial charge in [-0.3, -0.25) is 9.59 Å². The lowest BCUT2D eigenvalue weighted by Gasteiger charge is -2.08. The molecule has 0 bridgehead atoms. The van der Waals surface area contributed by atoms with Gasteiger partial charge in [0.05, 0.1) is 0 Å². The largest absolute Gasteiger partial charge is 0.356 e. The molecular weight excluding hydrogens is 276 g/mol. The first-order valence-electron chi connectivity index (χ1n) is 8.03. The maximum Gasteiger partial charge on any atom is 0.220 e. The fraction of sp³-hybridized carbons (Fsp3) is 0.556. The lowest BCUT2D eigenvalue weighted by Crippen LogP contribution is -2.29. The van der Waals surface area contributed by atoms with E-state index in [9.17, 15) is 9.59 Å². The van der Waals surface area contributed by atoms with Crippen LogP contribution < -0.4 is 11.1 Å². The Morgan fingerprint density at radius 2 is 1.73 bits per heavy atom. The van der Waals surface area contributed by atoms with Crippen LogP contribution in [0.4, 0.5) is 0 Å². The summed E-state index contributed by atoms with van der Waals surface area (Å²) < 4.78 is 0. The molecule has 1 aromatic carbocycles. The highest BCUT2D eigenvalue weighted by atomic mass is 16.2. The Morgan fingerprint density at radius 3 is 2.27 bits per heavy atom. The molecular formula is C18H28N2O2. The van der Waals surface area contributed by atoms with Crippen molar-refractivity contribution in [3.8, 4) is 0 Å². The Balaban J connectivity index is 2.37. The smallest absolute Gasteiger partial charge is 0.220 e. The summed E-state index contributed by atoms with van der Waals surface area (Å²) in [5.74, 6) is 0.519. The number of hydrogen-bond acceptors (Lipinski definition) is 3. The number of carbonyl (C=O) groups excluding carboxylic acids is 2. The van der Waals surface area contributed by atoms with Gasteiger partial charge in [-0.2, -0.15) is 0 Å². The molecule has 0 saturated carbocycles. The summed E-state index contributed by atoms with van der Waals surface area (Å²) in [6.07, 6.45) is 2.23. The SMILES string of the molecule is CC(C)Cc1ccc(C(=O)CCC(=O)NCCC(C)N)cc1. The van der Waals surface area contributed by atoms with E-state index >= 15 is 0 Å². The lowest BCUT2D eigenvalue weighted by molar-refractivity contribution is -0.121. The highest BCUT2D eigenvalue weighted by molar-refractivity contribution is 5.97. The summed E-state index contributed by atoms with van der Waals surface area (Å²) in [7, 11) is 0. The van der Waals surface area contributed by atoms with Crippen LogP contribution in [0.1, 0.15) is 56.0 Å². The summed E-state index contributed by atoms with van der Waals surface area (Å²) in [5, 5.41) is 2.78. The van der Waals surface area contributed by atoms with E-state index in [1.165, 1.54) is 5.56 Å². The molecule has 1 amide bonds. The van der Waals surface area contributed by atoms with Crippen LogP contribution in [0.5, 0.6) is 0 Å². The number of carbonyl (C=O) groups is 2. The number of hydrogen-bond donors (Lipinski definition) is 2. The van der Waals surface area contributed by atoms with Gasteiger partial charge in [0.25, 0.3) is 0 Å². The molecule has 0 aromatic heterocycles. The minimum Gasteiger partial charge on any atom is -0.356 e. The maximum atomic E-state index is 12.1. The van der Waals surface area contributed by atoms with E-state index in [2.05, 4.69) is 19.2 Å². The molecule has 0 fully saturated rings. The van der Waals surface area contributed by atoms with Gasteiger partial charge >= 0.3 is 0 Å². The Hall–Kier alpha value is -1.68. The second kappa shape index (κ2) is 9.36. The van der Waals surface area contributed by atoms with Crippen molar-refractivity contribution in [1.82, 2.24) is 5.32 Å². The normalized spacial score (nSPS) is 12.2. The van der Waals surface area contributed by atoms with Crippen LogP contribution in [0.25, 0.3) is 0 Å². The number of Topliss-reactive ketones (excluding diaryl/α,β-unsaturated/α-hetero) is 1.